The third-order valence-electron chi connectivity index (χ3n) is 2.73. The van der Waals surface area contributed by atoms with Gasteiger partial charge in [-0.05, 0) is 6.42 Å². The number of nitrogens with two attached hydrogens (primary N) is 1. The number of carboxylic acids is 1. The van der Waals surface area contributed by atoms with Crippen molar-refractivity contribution in [3.05, 3.63) is 34.4 Å². The SMILES string of the molecule is COC(=O)c1c(F)c(F)c(C(N)CCC(=O)O)c(F)c1F. The van der Waals surface area contributed by atoms with Crippen LogP contribution in [0.5, 0.6) is 0 Å². The Hall–Kier alpha value is -2.16. The first-order valence-corrected chi connectivity index (χ1v) is 5.63. The third kappa shape index (κ3) is 3.30. The van der Waals surface area contributed by atoms with Crippen molar-refractivity contribution < 1.29 is 37.0 Å². The number of hydrogen-bond donors (Lipinski definition) is 2. The van der Waals surface area contributed by atoms with Gasteiger partial charge in [-0.3, -0.25) is 4.79 Å². The van der Waals surface area contributed by atoms with Crippen LogP contribution < -0.4 is 5.73 Å². The molecule has 0 saturated heterocycles. The Balaban J connectivity index is 3.36. The normalized spacial score (nSPS) is 12.1. The van der Waals surface area contributed by atoms with E-state index in [4.69, 9.17) is 10.8 Å². The molecule has 0 aliphatic rings. The summed E-state index contributed by atoms with van der Waals surface area (Å²) in [4.78, 5) is 21.5. The van der Waals surface area contributed by atoms with Gasteiger partial charge >= 0.3 is 11.9 Å². The average molecular weight is 309 g/mol. The van der Waals surface area contributed by atoms with Crippen LogP contribution in [0.1, 0.15) is 34.8 Å². The lowest BCUT2D eigenvalue weighted by Gasteiger charge is -2.15. The summed E-state index contributed by atoms with van der Waals surface area (Å²) >= 11 is 0. The zero-order valence-corrected chi connectivity index (χ0v) is 10.8. The number of benzene rings is 1. The molecular formula is C12H11F4NO4. The number of esters is 1. The average Bonchev–Trinajstić information content (AvgIpc) is 2.43. The van der Waals surface area contributed by atoms with Gasteiger partial charge in [0.25, 0.3) is 0 Å². The van der Waals surface area contributed by atoms with Crippen molar-refractivity contribution in [3.63, 3.8) is 0 Å². The van der Waals surface area contributed by atoms with Gasteiger partial charge in [0.2, 0.25) is 0 Å². The van der Waals surface area contributed by atoms with E-state index in [2.05, 4.69) is 4.74 Å². The minimum absolute atomic E-state index is 0.445. The number of halogens is 4. The molecule has 0 radical (unpaired) electrons. The number of aliphatic carboxylic acids is 1. The highest BCUT2D eigenvalue weighted by molar-refractivity contribution is 5.90. The van der Waals surface area contributed by atoms with Gasteiger partial charge in [-0.15, -0.1) is 0 Å². The van der Waals surface area contributed by atoms with E-state index >= 15 is 0 Å². The summed E-state index contributed by atoms with van der Waals surface area (Å²) in [5, 5.41) is 8.45. The second-order valence-electron chi connectivity index (χ2n) is 4.08. The standard InChI is InChI=1S/C12H11F4NO4/c1-21-12(20)7-10(15)8(13)6(9(14)11(7)16)4(17)2-3-5(18)19/h4H,2-3,17H2,1H3,(H,18,19). The fraction of sp³-hybridized carbons (Fsp3) is 0.333. The summed E-state index contributed by atoms with van der Waals surface area (Å²) in [6.07, 6.45) is -0.998. The van der Waals surface area contributed by atoms with Crippen molar-refractivity contribution in [2.75, 3.05) is 7.11 Å². The highest BCUT2D eigenvalue weighted by atomic mass is 19.2. The highest BCUT2D eigenvalue weighted by Gasteiger charge is 2.32. The van der Waals surface area contributed by atoms with Crippen molar-refractivity contribution in [2.24, 2.45) is 5.73 Å². The largest absolute Gasteiger partial charge is 0.481 e. The molecule has 0 aliphatic carbocycles. The van der Waals surface area contributed by atoms with E-state index in [1.54, 1.807) is 0 Å². The van der Waals surface area contributed by atoms with Gasteiger partial charge < -0.3 is 15.6 Å². The van der Waals surface area contributed by atoms with Gasteiger partial charge in [-0.1, -0.05) is 0 Å². The Labute approximate surface area is 116 Å². The minimum atomic E-state index is -1.94. The van der Waals surface area contributed by atoms with Crippen LogP contribution in [0.2, 0.25) is 0 Å². The van der Waals surface area contributed by atoms with Crippen LogP contribution in [-0.2, 0) is 9.53 Å². The quantitative estimate of drug-likeness (QED) is 0.492. The Morgan fingerprint density at radius 2 is 1.62 bits per heavy atom. The van der Waals surface area contributed by atoms with Gasteiger partial charge in [-0.2, -0.15) is 0 Å². The number of hydrogen-bond acceptors (Lipinski definition) is 4. The summed E-state index contributed by atoms with van der Waals surface area (Å²) in [5.74, 6) is -10.5. The van der Waals surface area contributed by atoms with E-state index in [9.17, 15) is 27.2 Å². The van der Waals surface area contributed by atoms with E-state index < -0.39 is 65.2 Å². The topological polar surface area (TPSA) is 89.6 Å². The molecule has 0 amide bonds. The van der Waals surface area contributed by atoms with E-state index in [0.717, 1.165) is 7.11 Å². The molecule has 21 heavy (non-hydrogen) atoms. The van der Waals surface area contributed by atoms with Gasteiger partial charge in [0.05, 0.1) is 7.11 Å². The first-order valence-electron chi connectivity index (χ1n) is 5.63. The molecule has 1 rings (SSSR count). The van der Waals surface area contributed by atoms with Crippen molar-refractivity contribution in [3.8, 4) is 0 Å². The predicted molar refractivity (Wildman–Crippen MR) is 61.4 cm³/mol. The maximum Gasteiger partial charge on any atom is 0.344 e. The van der Waals surface area contributed by atoms with E-state index in [1.807, 2.05) is 0 Å². The molecule has 0 aliphatic heterocycles. The molecule has 9 heteroatoms. The fourth-order valence-electron chi connectivity index (χ4n) is 1.68. The van der Waals surface area contributed by atoms with Crippen molar-refractivity contribution in [2.45, 2.75) is 18.9 Å². The van der Waals surface area contributed by atoms with Crippen molar-refractivity contribution >= 4 is 11.9 Å². The first-order chi connectivity index (χ1) is 9.72. The van der Waals surface area contributed by atoms with Crippen LogP contribution in [0.3, 0.4) is 0 Å². The summed E-state index contributed by atoms with van der Waals surface area (Å²) in [7, 11) is 0.781. The number of rotatable bonds is 5. The molecule has 1 aromatic rings. The van der Waals surface area contributed by atoms with Crippen molar-refractivity contribution in [1.82, 2.24) is 0 Å². The monoisotopic (exact) mass is 309 g/mol. The Morgan fingerprint density at radius 3 is 2.00 bits per heavy atom. The fourth-order valence-corrected chi connectivity index (χ4v) is 1.68. The second kappa shape index (κ2) is 6.53. The summed E-state index contributed by atoms with van der Waals surface area (Å²) in [6.45, 7) is 0. The molecule has 0 fully saturated rings. The molecule has 116 valence electrons. The molecular weight excluding hydrogens is 298 g/mol. The minimum Gasteiger partial charge on any atom is -0.481 e. The Morgan fingerprint density at radius 1 is 1.14 bits per heavy atom. The molecule has 1 atom stereocenters. The van der Waals surface area contributed by atoms with Gasteiger partial charge in [-0.25, -0.2) is 22.4 Å². The van der Waals surface area contributed by atoms with E-state index in [0.29, 0.717) is 0 Å². The Kier molecular flexibility index (Phi) is 5.25. The predicted octanol–water partition coefficient (Wildman–Crippen LogP) is 1.89. The van der Waals surface area contributed by atoms with Gasteiger partial charge in [0, 0.05) is 18.0 Å². The van der Waals surface area contributed by atoms with Crippen LogP contribution >= 0.6 is 0 Å². The third-order valence-corrected chi connectivity index (χ3v) is 2.73. The smallest absolute Gasteiger partial charge is 0.344 e. The molecule has 1 aromatic carbocycles. The Bertz CT molecular complexity index is 562. The number of methoxy groups -OCH3 is 1. The molecule has 0 bridgehead atoms. The lowest BCUT2D eigenvalue weighted by molar-refractivity contribution is -0.137. The summed E-state index contributed by atoms with van der Waals surface area (Å²) in [6, 6.07) is -1.59. The van der Waals surface area contributed by atoms with Crippen molar-refractivity contribution in [1.29, 1.82) is 0 Å². The first kappa shape index (κ1) is 16.9. The molecule has 5 nitrogen and oxygen atoms in total. The van der Waals surface area contributed by atoms with Crippen LogP contribution in [0.15, 0.2) is 0 Å². The van der Waals surface area contributed by atoms with Crippen LogP contribution in [0, 0.1) is 23.3 Å². The van der Waals surface area contributed by atoms with Crippen LogP contribution in [0.25, 0.3) is 0 Å². The number of carbonyl (C=O) groups excluding carboxylic acids is 1. The molecule has 1 unspecified atom stereocenters. The molecule has 3 N–H and O–H groups in total. The molecule has 0 aromatic heterocycles. The zero-order chi connectivity index (χ0) is 16.3. The lowest BCUT2D eigenvalue weighted by Crippen LogP contribution is -2.21. The van der Waals surface area contributed by atoms with Gasteiger partial charge in [0.1, 0.15) is 5.56 Å². The number of carboxylic acid groups (broad SMARTS) is 1. The summed E-state index contributed by atoms with van der Waals surface area (Å²) < 4.78 is 58.8. The number of carbonyl (C=O) groups is 2. The molecule has 0 spiro atoms. The maximum absolute atomic E-state index is 13.8. The van der Waals surface area contributed by atoms with Crippen LogP contribution in [0.4, 0.5) is 17.6 Å². The molecule has 0 saturated carbocycles. The zero-order valence-electron chi connectivity index (χ0n) is 10.8. The van der Waals surface area contributed by atoms with Crippen LogP contribution in [-0.4, -0.2) is 24.2 Å². The van der Waals surface area contributed by atoms with E-state index in [1.165, 1.54) is 0 Å². The maximum atomic E-state index is 13.8. The van der Waals surface area contributed by atoms with Gasteiger partial charge in [0.15, 0.2) is 23.3 Å². The van der Waals surface area contributed by atoms with E-state index in [-0.39, 0.29) is 0 Å². The lowest BCUT2D eigenvalue weighted by atomic mass is 9.98. The molecule has 0 heterocycles. The number of ether oxygens (including phenoxy) is 1. The summed E-state index contributed by atoms with van der Waals surface area (Å²) in [5.41, 5.74) is 2.68. The highest BCUT2D eigenvalue weighted by Crippen LogP contribution is 2.29. The second-order valence-corrected chi connectivity index (χ2v) is 4.08.